The molecule has 32 heavy (non-hydrogen) atoms. The van der Waals surface area contributed by atoms with Crippen molar-refractivity contribution in [3.05, 3.63) is 96.1 Å². The van der Waals surface area contributed by atoms with Crippen LogP contribution in [0.1, 0.15) is 21.5 Å². The summed E-state index contributed by atoms with van der Waals surface area (Å²) in [7, 11) is 1.58. The minimum atomic E-state index is -0.162. The smallest absolute Gasteiger partial charge is 0.252 e. The Morgan fingerprint density at radius 2 is 1.81 bits per heavy atom. The molecule has 6 heteroatoms. The largest absolute Gasteiger partial charge is 0.481 e. The van der Waals surface area contributed by atoms with E-state index >= 15 is 0 Å². The van der Waals surface area contributed by atoms with E-state index < -0.39 is 0 Å². The number of ether oxygens (including phenoxy) is 1. The van der Waals surface area contributed by atoms with Gasteiger partial charge in [0.25, 0.3) is 5.91 Å². The van der Waals surface area contributed by atoms with Gasteiger partial charge < -0.3 is 10.1 Å². The Hall–Kier alpha value is -4.06. The minimum Gasteiger partial charge on any atom is -0.481 e. The van der Waals surface area contributed by atoms with Gasteiger partial charge in [-0.2, -0.15) is 0 Å². The van der Waals surface area contributed by atoms with Crippen LogP contribution in [0.3, 0.4) is 0 Å². The Morgan fingerprint density at radius 3 is 2.53 bits per heavy atom. The summed E-state index contributed by atoms with van der Waals surface area (Å²) in [4.78, 5) is 25.8. The molecule has 4 rings (SSSR count). The van der Waals surface area contributed by atoms with Crippen molar-refractivity contribution in [3.63, 3.8) is 0 Å². The number of hydrogen-bond acceptors (Lipinski definition) is 5. The predicted molar refractivity (Wildman–Crippen MR) is 124 cm³/mol. The lowest BCUT2D eigenvalue weighted by molar-refractivity contribution is 0.0954. The second-order valence-corrected chi connectivity index (χ2v) is 7.44. The van der Waals surface area contributed by atoms with E-state index in [2.05, 4.69) is 26.3 Å². The molecular weight excluding hydrogens is 400 g/mol. The first kappa shape index (κ1) is 21.2. The Morgan fingerprint density at radius 1 is 0.969 bits per heavy atom. The van der Waals surface area contributed by atoms with Gasteiger partial charge in [0, 0.05) is 54.1 Å². The molecule has 0 aliphatic rings. The summed E-state index contributed by atoms with van der Waals surface area (Å²) in [5.74, 6) is 0.369. The van der Waals surface area contributed by atoms with E-state index in [1.807, 2.05) is 49.4 Å². The first-order valence-corrected chi connectivity index (χ1v) is 10.4. The number of pyridine rings is 3. The summed E-state index contributed by atoms with van der Waals surface area (Å²) in [6.07, 6.45) is 7.60. The van der Waals surface area contributed by atoms with Crippen LogP contribution < -0.4 is 10.1 Å². The topological polar surface area (TPSA) is 77.0 Å². The van der Waals surface area contributed by atoms with E-state index in [-0.39, 0.29) is 5.91 Å². The monoisotopic (exact) mass is 424 g/mol. The Bertz CT molecular complexity index is 1210. The van der Waals surface area contributed by atoms with Crippen LogP contribution in [0.15, 0.2) is 79.4 Å². The Balaban J connectivity index is 1.63. The Kier molecular flexibility index (Phi) is 6.51. The van der Waals surface area contributed by atoms with E-state index in [9.17, 15) is 4.79 Å². The van der Waals surface area contributed by atoms with E-state index in [0.717, 1.165) is 39.9 Å². The molecule has 0 fully saturated rings. The van der Waals surface area contributed by atoms with Crippen LogP contribution in [-0.4, -0.2) is 34.5 Å². The van der Waals surface area contributed by atoms with Crippen molar-refractivity contribution < 1.29 is 9.53 Å². The van der Waals surface area contributed by atoms with Gasteiger partial charge in [0.15, 0.2) is 0 Å². The van der Waals surface area contributed by atoms with Gasteiger partial charge in [0.2, 0.25) is 5.88 Å². The predicted octanol–water partition coefficient (Wildman–Crippen LogP) is 4.50. The molecule has 1 N–H and O–H groups in total. The third kappa shape index (κ3) is 4.98. The van der Waals surface area contributed by atoms with Crippen molar-refractivity contribution in [2.45, 2.75) is 13.3 Å². The minimum absolute atomic E-state index is 0.162. The van der Waals surface area contributed by atoms with Crippen LogP contribution in [0, 0.1) is 6.92 Å². The molecular formula is C26H24N4O2. The number of amides is 1. The molecule has 1 aromatic carbocycles. The van der Waals surface area contributed by atoms with Gasteiger partial charge in [-0.25, -0.2) is 4.98 Å². The average Bonchev–Trinajstić information content (AvgIpc) is 2.84. The van der Waals surface area contributed by atoms with Crippen molar-refractivity contribution in [3.8, 4) is 28.3 Å². The molecule has 6 nitrogen and oxygen atoms in total. The summed E-state index contributed by atoms with van der Waals surface area (Å²) in [6, 6.07) is 17.6. The zero-order valence-electron chi connectivity index (χ0n) is 18.1. The van der Waals surface area contributed by atoms with Crippen molar-refractivity contribution >= 4 is 5.91 Å². The quantitative estimate of drug-likeness (QED) is 0.473. The van der Waals surface area contributed by atoms with Gasteiger partial charge in [-0.15, -0.1) is 0 Å². The van der Waals surface area contributed by atoms with Crippen LogP contribution >= 0.6 is 0 Å². The van der Waals surface area contributed by atoms with Crippen molar-refractivity contribution in [2.75, 3.05) is 13.7 Å². The molecule has 0 spiro atoms. The van der Waals surface area contributed by atoms with Crippen molar-refractivity contribution in [1.29, 1.82) is 0 Å². The number of nitrogens with zero attached hydrogens (tertiary/aromatic N) is 3. The average molecular weight is 425 g/mol. The molecule has 0 unspecified atom stereocenters. The second kappa shape index (κ2) is 9.83. The van der Waals surface area contributed by atoms with Crippen molar-refractivity contribution in [2.24, 2.45) is 0 Å². The molecule has 0 aliphatic carbocycles. The second-order valence-electron chi connectivity index (χ2n) is 7.44. The van der Waals surface area contributed by atoms with Crippen molar-refractivity contribution in [1.82, 2.24) is 20.3 Å². The molecule has 0 radical (unpaired) electrons. The first-order valence-electron chi connectivity index (χ1n) is 10.4. The van der Waals surface area contributed by atoms with Crippen LogP contribution in [0.2, 0.25) is 0 Å². The lowest BCUT2D eigenvalue weighted by atomic mass is 9.98. The van der Waals surface area contributed by atoms with Gasteiger partial charge in [-0.3, -0.25) is 14.8 Å². The Labute approximate surface area is 187 Å². The highest BCUT2D eigenvalue weighted by Crippen LogP contribution is 2.32. The summed E-state index contributed by atoms with van der Waals surface area (Å²) >= 11 is 0. The summed E-state index contributed by atoms with van der Waals surface area (Å²) < 4.78 is 5.18. The van der Waals surface area contributed by atoms with E-state index in [0.29, 0.717) is 18.0 Å². The standard InChI is InChI=1S/C26H24N4O2/c1-18-4-3-5-20(14-18)25-23(21-6-7-24(32-2)29-16-21)15-22(17-30-25)26(31)28-13-10-19-8-11-27-12-9-19/h3-9,11-12,14-17H,10,13H2,1-2H3,(H,28,31). The molecule has 160 valence electrons. The molecule has 0 aliphatic heterocycles. The zero-order valence-corrected chi connectivity index (χ0v) is 18.1. The van der Waals surface area contributed by atoms with E-state index in [1.54, 1.807) is 38.0 Å². The number of rotatable bonds is 7. The van der Waals surface area contributed by atoms with E-state index in [1.165, 1.54) is 0 Å². The maximum atomic E-state index is 12.8. The molecule has 0 saturated carbocycles. The summed E-state index contributed by atoms with van der Waals surface area (Å²) in [5, 5.41) is 2.98. The van der Waals surface area contributed by atoms with Crippen LogP contribution in [0.4, 0.5) is 0 Å². The molecule has 0 atom stereocenters. The van der Waals surface area contributed by atoms with Gasteiger partial charge in [-0.05, 0) is 49.2 Å². The highest BCUT2D eigenvalue weighted by molar-refractivity contribution is 5.96. The van der Waals surface area contributed by atoms with Crippen LogP contribution in [0.5, 0.6) is 5.88 Å². The fourth-order valence-electron chi connectivity index (χ4n) is 3.46. The molecule has 3 heterocycles. The summed E-state index contributed by atoms with van der Waals surface area (Å²) in [6.45, 7) is 2.57. The first-order chi connectivity index (χ1) is 15.6. The number of carbonyl (C=O) groups excluding carboxylic acids is 1. The maximum absolute atomic E-state index is 12.8. The third-order valence-electron chi connectivity index (χ3n) is 5.15. The zero-order chi connectivity index (χ0) is 22.3. The SMILES string of the molecule is COc1ccc(-c2cc(C(=O)NCCc3ccncc3)cnc2-c2cccc(C)c2)cn1. The lowest BCUT2D eigenvalue weighted by Gasteiger charge is -2.13. The number of nitrogens with one attached hydrogen (secondary N) is 1. The molecule has 0 bridgehead atoms. The third-order valence-corrected chi connectivity index (χ3v) is 5.15. The van der Waals surface area contributed by atoms with E-state index in [4.69, 9.17) is 4.74 Å². The number of methoxy groups -OCH3 is 1. The number of aromatic nitrogens is 3. The van der Waals surface area contributed by atoms with Gasteiger partial charge in [-0.1, -0.05) is 23.8 Å². The molecule has 4 aromatic rings. The fourth-order valence-corrected chi connectivity index (χ4v) is 3.46. The lowest BCUT2D eigenvalue weighted by Crippen LogP contribution is -2.26. The van der Waals surface area contributed by atoms with Crippen LogP contribution in [-0.2, 0) is 6.42 Å². The number of benzene rings is 1. The van der Waals surface area contributed by atoms with Gasteiger partial charge in [0.1, 0.15) is 0 Å². The summed E-state index contributed by atoms with van der Waals surface area (Å²) in [5.41, 5.74) is 6.25. The number of carbonyl (C=O) groups is 1. The highest BCUT2D eigenvalue weighted by Gasteiger charge is 2.15. The number of aryl methyl sites for hydroxylation is 1. The molecule has 1 amide bonds. The molecule has 3 aromatic heterocycles. The molecule has 0 saturated heterocycles. The normalized spacial score (nSPS) is 10.6. The number of hydrogen-bond donors (Lipinski definition) is 1. The van der Waals surface area contributed by atoms with Crippen LogP contribution in [0.25, 0.3) is 22.4 Å². The fraction of sp³-hybridized carbons (Fsp3) is 0.154. The van der Waals surface area contributed by atoms with Gasteiger partial charge >= 0.3 is 0 Å². The highest BCUT2D eigenvalue weighted by atomic mass is 16.5. The maximum Gasteiger partial charge on any atom is 0.252 e. The van der Waals surface area contributed by atoms with Gasteiger partial charge in [0.05, 0.1) is 18.4 Å².